The van der Waals surface area contributed by atoms with Gasteiger partial charge in [-0.3, -0.25) is 4.79 Å². The topological polar surface area (TPSA) is 54.5 Å². The number of hydrogen-bond acceptors (Lipinski definition) is 4. The van der Waals surface area contributed by atoms with Crippen LogP contribution in [0.4, 0.5) is 0 Å². The molecule has 1 aliphatic heterocycles. The Bertz CT molecular complexity index is 574. The first kappa shape index (κ1) is 15.8. The van der Waals surface area contributed by atoms with Crippen LogP contribution in [0.25, 0.3) is 0 Å². The molecule has 0 saturated carbocycles. The van der Waals surface area contributed by atoms with Crippen LogP contribution in [0.5, 0.6) is 0 Å². The average Bonchev–Trinajstić information content (AvgIpc) is 2.87. The number of likely N-dealkylation sites (tertiary alicyclic amines) is 1. The van der Waals surface area contributed by atoms with Crippen LogP contribution < -0.4 is 0 Å². The standard InChI is InChI=1S/C13H18ClNO3S2/c1-2-10-5-7-15(8-6-10)12(16)9-11-3-4-13(19-11)20(14,17)18/h3-4,10H,2,5-9H2,1H3. The maximum Gasteiger partial charge on any atom is 0.270 e. The molecule has 0 aliphatic carbocycles. The number of nitrogens with zero attached hydrogens (tertiary/aromatic N) is 1. The van der Waals surface area contributed by atoms with Gasteiger partial charge in [0.25, 0.3) is 9.05 Å². The van der Waals surface area contributed by atoms with Crippen LogP contribution in [0, 0.1) is 5.92 Å². The van der Waals surface area contributed by atoms with Gasteiger partial charge in [-0.05, 0) is 30.9 Å². The number of rotatable bonds is 4. The molecule has 0 N–H and O–H groups in total. The Morgan fingerprint density at radius 2 is 2.05 bits per heavy atom. The summed E-state index contributed by atoms with van der Waals surface area (Å²) in [6.07, 6.45) is 3.56. The number of hydrogen-bond donors (Lipinski definition) is 0. The van der Waals surface area contributed by atoms with Crippen molar-refractivity contribution in [3.63, 3.8) is 0 Å². The number of carbonyl (C=O) groups is 1. The van der Waals surface area contributed by atoms with Crippen molar-refractivity contribution in [2.45, 2.75) is 36.8 Å². The first-order valence-corrected chi connectivity index (χ1v) is 9.84. The Morgan fingerprint density at radius 3 is 2.55 bits per heavy atom. The van der Waals surface area contributed by atoms with E-state index >= 15 is 0 Å². The summed E-state index contributed by atoms with van der Waals surface area (Å²) in [6.45, 7) is 3.80. The molecule has 0 spiro atoms. The fourth-order valence-electron chi connectivity index (χ4n) is 2.44. The molecule has 1 amide bonds. The Balaban J connectivity index is 1.94. The van der Waals surface area contributed by atoms with Crippen LogP contribution in [-0.4, -0.2) is 32.3 Å². The highest BCUT2D eigenvalue weighted by Gasteiger charge is 2.22. The molecule has 1 aromatic rings. The van der Waals surface area contributed by atoms with E-state index in [2.05, 4.69) is 6.92 Å². The molecule has 20 heavy (non-hydrogen) atoms. The summed E-state index contributed by atoms with van der Waals surface area (Å²) in [7, 11) is 1.59. The first-order chi connectivity index (χ1) is 9.40. The summed E-state index contributed by atoms with van der Waals surface area (Å²) < 4.78 is 22.5. The Labute approximate surface area is 128 Å². The van der Waals surface area contributed by atoms with E-state index in [0.717, 1.165) is 48.1 Å². The zero-order valence-electron chi connectivity index (χ0n) is 11.3. The lowest BCUT2D eigenvalue weighted by atomic mass is 9.94. The van der Waals surface area contributed by atoms with Crippen molar-refractivity contribution >= 4 is 37.0 Å². The minimum atomic E-state index is -3.69. The monoisotopic (exact) mass is 335 g/mol. The molecule has 112 valence electrons. The molecule has 1 aliphatic rings. The highest BCUT2D eigenvalue weighted by atomic mass is 35.7. The molecule has 2 heterocycles. The van der Waals surface area contributed by atoms with Gasteiger partial charge >= 0.3 is 0 Å². The molecule has 7 heteroatoms. The summed E-state index contributed by atoms with van der Waals surface area (Å²) in [4.78, 5) is 14.8. The lowest BCUT2D eigenvalue weighted by Gasteiger charge is -2.31. The minimum absolute atomic E-state index is 0.0694. The third-order valence-corrected chi connectivity index (χ3v) is 6.93. The van der Waals surface area contributed by atoms with Crippen molar-refractivity contribution in [2.24, 2.45) is 5.92 Å². The van der Waals surface area contributed by atoms with E-state index in [-0.39, 0.29) is 16.5 Å². The van der Waals surface area contributed by atoms with Crippen LogP contribution in [0.2, 0.25) is 0 Å². The average molecular weight is 336 g/mol. The van der Waals surface area contributed by atoms with E-state index in [0.29, 0.717) is 0 Å². The normalized spacial score (nSPS) is 17.4. The Morgan fingerprint density at radius 1 is 1.40 bits per heavy atom. The van der Waals surface area contributed by atoms with Crippen LogP contribution in [0.1, 0.15) is 31.1 Å². The van der Waals surface area contributed by atoms with Gasteiger partial charge in [0, 0.05) is 28.6 Å². The minimum Gasteiger partial charge on any atom is -0.342 e. The number of piperidine rings is 1. The quantitative estimate of drug-likeness (QED) is 0.795. The summed E-state index contributed by atoms with van der Waals surface area (Å²) in [5.74, 6) is 0.800. The van der Waals surface area contributed by atoms with Gasteiger partial charge < -0.3 is 4.90 Å². The van der Waals surface area contributed by atoms with Crippen molar-refractivity contribution in [1.29, 1.82) is 0 Å². The van der Waals surface area contributed by atoms with Crippen molar-refractivity contribution in [2.75, 3.05) is 13.1 Å². The molecule has 2 rings (SSSR count). The van der Waals surface area contributed by atoms with Crippen LogP contribution >= 0.6 is 22.0 Å². The summed E-state index contributed by atoms with van der Waals surface area (Å²) in [6, 6.07) is 3.12. The van der Waals surface area contributed by atoms with Gasteiger partial charge in [-0.15, -0.1) is 11.3 Å². The summed E-state index contributed by atoms with van der Waals surface area (Å²) in [5, 5.41) is 0. The SMILES string of the molecule is CCC1CCN(C(=O)Cc2ccc(S(=O)(=O)Cl)s2)CC1. The van der Waals surface area contributed by atoms with Gasteiger partial charge in [-0.25, -0.2) is 8.42 Å². The van der Waals surface area contributed by atoms with Gasteiger partial charge in [-0.2, -0.15) is 0 Å². The van der Waals surface area contributed by atoms with E-state index < -0.39 is 9.05 Å². The van der Waals surface area contributed by atoms with Gasteiger partial charge in [0.15, 0.2) is 0 Å². The highest BCUT2D eigenvalue weighted by Crippen LogP contribution is 2.26. The molecular weight excluding hydrogens is 318 g/mol. The zero-order chi connectivity index (χ0) is 14.8. The number of thiophene rings is 1. The molecule has 0 aromatic carbocycles. The first-order valence-electron chi connectivity index (χ1n) is 6.71. The molecule has 0 unspecified atom stereocenters. The summed E-state index contributed by atoms with van der Waals surface area (Å²) in [5.41, 5.74) is 0. The molecule has 0 radical (unpaired) electrons. The third kappa shape index (κ3) is 3.96. The maximum atomic E-state index is 12.2. The molecule has 4 nitrogen and oxygen atoms in total. The Hall–Kier alpha value is -0.590. The smallest absolute Gasteiger partial charge is 0.270 e. The second kappa shape index (κ2) is 6.45. The predicted molar refractivity (Wildman–Crippen MR) is 80.7 cm³/mol. The summed E-state index contributed by atoms with van der Waals surface area (Å²) >= 11 is 1.07. The number of carbonyl (C=O) groups excluding carboxylic acids is 1. The number of amides is 1. The number of halogens is 1. The third-order valence-electron chi connectivity index (χ3n) is 3.75. The van der Waals surface area contributed by atoms with Crippen molar-refractivity contribution in [1.82, 2.24) is 4.90 Å². The van der Waals surface area contributed by atoms with Gasteiger partial charge in [0.05, 0.1) is 6.42 Å². The molecule has 0 atom stereocenters. The molecule has 1 saturated heterocycles. The second-order valence-corrected chi connectivity index (χ2v) is 9.03. The molecule has 1 aromatic heterocycles. The highest BCUT2D eigenvalue weighted by molar-refractivity contribution is 8.15. The second-order valence-electron chi connectivity index (χ2n) is 5.07. The fraction of sp³-hybridized carbons (Fsp3) is 0.615. The molecule has 0 bridgehead atoms. The van der Waals surface area contributed by atoms with Crippen LogP contribution in [-0.2, 0) is 20.3 Å². The van der Waals surface area contributed by atoms with Crippen molar-refractivity contribution < 1.29 is 13.2 Å². The predicted octanol–water partition coefficient (Wildman–Crippen LogP) is 2.87. The van der Waals surface area contributed by atoms with E-state index in [9.17, 15) is 13.2 Å². The van der Waals surface area contributed by atoms with E-state index in [4.69, 9.17) is 10.7 Å². The van der Waals surface area contributed by atoms with E-state index in [1.54, 1.807) is 6.07 Å². The lowest BCUT2D eigenvalue weighted by molar-refractivity contribution is -0.131. The van der Waals surface area contributed by atoms with E-state index in [1.165, 1.54) is 12.5 Å². The Kier molecular flexibility index (Phi) is 5.09. The fourth-order valence-corrected chi connectivity index (χ4v) is 4.55. The molecule has 1 fully saturated rings. The van der Waals surface area contributed by atoms with Crippen LogP contribution in [0.15, 0.2) is 16.3 Å². The van der Waals surface area contributed by atoms with Gasteiger partial charge in [0.1, 0.15) is 4.21 Å². The van der Waals surface area contributed by atoms with E-state index in [1.807, 2.05) is 4.90 Å². The van der Waals surface area contributed by atoms with Crippen LogP contribution in [0.3, 0.4) is 0 Å². The van der Waals surface area contributed by atoms with Gasteiger partial charge in [-0.1, -0.05) is 13.3 Å². The largest absolute Gasteiger partial charge is 0.342 e. The maximum absolute atomic E-state index is 12.2. The zero-order valence-corrected chi connectivity index (χ0v) is 13.7. The lowest BCUT2D eigenvalue weighted by Crippen LogP contribution is -2.39. The van der Waals surface area contributed by atoms with Gasteiger partial charge in [0.2, 0.25) is 5.91 Å². The molecular formula is C13H18ClNO3S2. The van der Waals surface area contributed by atoms with Crippen molar-refractivity contribution in [3.8, 4) is 0 Å². The van der Waals surface area contributed by atoms with Crippen molar-refractivity contribution in [3.05, 3.63) is 17.0 Å².